The zero-order chi connectivity index (χ0) is 50.2. The van der Waals surface area contributed by atoms with Gasteiger partial charge in [-0.15, -0.1) is 10.3 Å². The van der Waals surface area contributed by atoms with Gasteiger partial charge >= 0.3 is 17.9 Å². The van der Waals surface area contributed by atoms with Crippen molar-refractivity contribution in [2.24, 2.45) is 20.5 Å². The van der Waals surface area contributed by atoms with Crippen LogP contribution in [-0.4, -0.2) is 46.8 Å². The highest BCUT2D eigenvalue weighted by Gasteiger charge is 2.47. The quantitative estimate of drug-likeness (QED) is 0.0281. The molecule has 1 radical (unpaired) electrons. The van der Waals surface area contributed by atoms with E-state index in [1.807, 2.05) is 64.1 Å². The van der Waals surface area contributed by atoms with Crippen LogP contribution >= 0.6 is 0 Å². The number of hydrogen-bond acceptors (Lipinski definition) is 12. The van der Waals surface area contributed by atoms with E-state index in [2.05, 4.69) is 27.4 Å². The minimum Gasteiger partial charge on any atom is -0.494 e. The van der Waals surface area contributed by atoms with Crippen LogP contribution < -0.4 is 14.2 Å². The summed E-state index contributed by atoms with van der Waals surface area (Å²) in [6.45, 7) is 10.4. The summed E-state index contributed by atoms with van der Waals surface area (Å²) in [6.07, 6.45) is 13.4. The number of carbonyl (C=O) groups is 3. The van der Waals surface area contributed by atoms with E-state index in [0.29, 0.717) is 52.2 Å². The van der Waals surface area contributed by atoms with E-state index in [9.17, 15) is 19.6 Å². The van der Waals surface area contributed by atoms with Crippen LogP contribution in [-0.2, 0) is 9.94 Å². The van der Waals surface area contributed by atoms with Gasteiger partial charge in [0.25, 0.3) is 0 Å². The smallest absolute Gasteiger partial charge is 0.343 e. The maximum Gasteiger partial charge on any atom is 0.343 e. The average molecular weight is 959 g/mol. The third kappa shape index (κ3) is 15.2. The molecule has 0 saturated carbocycles. The predicted molar refractivity (Wildman–Crippen MR) is 274 cm³/mol. The van der Waals surface area contributed by atoms with E-state index in [1.54, 1.807) is 72.8 Å². The van der Waals surface area contributed by atoms with Gasteiger partial charge < -0.3 is 18.9 Å². The van der Waals surface area contributed by atoms with E-state index in [0.717, 1.165) is 34.9 Å². The van der Waals surface area contributed by atoms with Crippen molar-refractivity contribution in [3.8, 4) is 17.2 Å². The second kappa shape index (κ2) is 24.6. The molecule has 0 N–H and O–H groups in total. The molecule has 1 fully saturated rings. The van der Waals surface area contributed by atoms with Gasteiger partial charge in [0, 0.05) is 23.9 Å². The fourth-order valence-corrected chi connectivity index (χ4v) is 8.75. The van der Waals surface area contributed by atoms with Gasteiger partial charge in [0.1, 0.15) is 23.4 Å². The summed E-state index contributed by atoms with van der Waals surface area (Å²) < 4.78 is 23.0. The Labute approximate surface area is 416 Å². The molecule has 1 heterocycles. The van der Waals surface area contributed by atoms with E-state index in [1.165, 1.54) is 82.1 Å². The molecule has 1 aliphatic rings. The molecule has 0 bridgehead atoms. The summed E-state index contributed by atoms with van der Waals surface area (Å²) >= 11 is 0. The molecule has 1 saturated heterocycles. The van der Waals surface area contributed by atoms with Crippen LogP contribution in [0, 0.1) is 0 Å². The Hall–Kier alpha value is -7.09. The zero-order valence-electron chi connectivity index (χ0n) is 41.5. The van der Waals surface area contributed by atoms with Crippen molar-refractivity contribution >= 4 is 51.4 Å². The summed E-state index contributed by atoms with van der Waals surface area (Å²) in [7, 11) is 0. The number of hydroxylamine groups is 2. The number of hydrogen-bond donors (Lipinski definition) is 0. The lowest BCUT2D eigenvalue weighted by atomic mass is 9.80. The molecule has 7 rings (SSSR count). The molecule has 0 unspecified atom stereocenters. The number of esters is 3. The SMILES string of the molecule is CCCCCCCCCCCCOc1ccc(N=Nc2ccc(N=Nc3ccc(C(=O)Oc4ccc5ccc(C(=O)Oc6ccc(C(=O)OC7CC(C)(C)N([O])C(C)(C)C7)cc6)cc5c4)cc3)cc2)cc1. The van der Waals surface area contributed by atoms with Crippen LogP contribution in [0.1, 0.15) is 143 Å². The molecule has 6 aromatic carbocycles. The highest BCUT2D eigenvalue weighted by molar-refractivity contribution is 5.97. The minimum atomic E-state index is -0.674. The summed E-state index contributed by atoms with van der Waals surface area (Å²) in [5, 5.41) is 32.6. The van der Waals surface area contributed by atoms with Crippen molar-refractivity contribution in [3.05, 3.63) is 150 Å². The van der Waals surface area contributed by atoms with Gasteiger partial charge in [0.2, 0.25) is 0 Å². The van der Waals surface area contributed by atoms with Crippen LogP contribution in [0.5, 0.6) is 17.2 Å². The Morgan fingerprint density at radius 2 is 0.887 bits per heavy atom. The van der Waals surface area contributed by atoms with Crippen molar-refractivity contribution in [2.75, 3.05) is 6.61 Å². The second-order valence-corrected chi connectivity index (χ2v) is 19.4. The average Bonchev–Trinajstić information content (AvgIpc) is 3.36. The largest absolute Gasteiger partial charge is 0.494 e. The van der Waals surface area contributed by atoms with E-state index < -0.39 is 35.1 Å². The summed E-state index contributed by atoms with van der Waals surface area (Å²) in [6, 6.07) is 37.8. The Kier molecular flexibility index (Phi) is 18.0. The fraction of sp³-hybridized carbons (Fsp3) is 0.362. The molecule has 0 aromatic heterocycles. The third-order valence-electron chi connectivity index (χ3n) is 12.5. The normalized spacial score (nSPS) is 14.7. The summed E-state index contributed by atoms with van der Waals surface area (Å²) in [5.41, 5.74) is 2.13. The van der Waals surface area contributed by atoms with Crippen LogP contribution in [0.2, 0.25) is 0 Å². The number of benzene rings is 6. The van der Waals surface area contributed by atoms with Crippen LogP contribution in [0.4, 0.5) is 22.7 Å². The standard InChI is InChI=1S/C58H64N5O8/c1-6-7-8-9-10-11-12-13-14-15-36-68-50-34-29-49(30-35-50)62-61-48-27-25-47(26-28-48)60-59-46-23-18-42(19-24-46)54(64)70-52-33-20-41-16-17-44(37-45(41)38-52)56(66)69-51-31-21-43(22-32-51)55(65)71-53-39-57(2,3)63(67)58(4,5)40-53/h16-35,37-38,53H,6-15,36,39-40H2,1-5H3. The number of azo groups is 2. The van der Waals surface area contributed by atoms with Gasteiger partial charge in [-0.3, -0.25) is 0 Å². The first-order chi connectivity index (χ1) is 34.2. The van der Waals surface area contributed by atoms with E-state index >= 15 is 0 Å². The molecule has 0 aliphatic carbocycles. The van der Waals surface area contributed by atoms with Crippen molar-refractivity contribution in [3.63, 3.8) is 0 Å². The lowest BCUT2D eigenvalue weighted by Gasteiger charge is -2.49. The molecule has 13 nitrogen and oxygen atoms in total. The van der Waals surface area contributed by atoms with Crippen molar-refractivity contribution in [2.45, 2.75) is 129 Å². The molecule has 1 aliphatic heterocycles. The van der Waals surface area contributed by atoms with Gasteiger partial charge in [0.05, 0.1) is 46.0 Å². The van der Waals surface area contributed by atoms with Crippen molar-refractivity contribution < 1.29 is 38.5 Å². The first-order valence-electron chi connectivity index (χ1n) is 24.8. The van der Waals surface area contributed by atoms with Gasteiger partial charge in [-0.05, 0) is 166 Å². The first kappa shape index (κ1) is 51.8. The van der Waals surface area contributed by atoms with E-state index in [-0.39, 0.29) is 11.3 Å². The van der Waals surface area contributed by atoms with Gasteiger partial charge in [-0.1, -0.05) is 76.8 Å². The topological polar surface area (TPSA) is 161 Å². The monoisotopic (exact) mass is 958 g/mol. The molecule has 13 heteroatoms. The number of nitrogens with zero attached hydrogens (tertiary/aromatic N) is 5. The van der Waals surface area contributed by atoms with Crippen LogP contribution in [0.3, 0.4) is 0 Å². The third-order valence-corrected chi connectivity index (χ3v) is 12.5. The van der Waals surface area contributed by atoms with Gasteiger partial charge in [-0.2, -0.15) is 20.5 Å². The number of rotatable bonds is 22. The van der Waals surface area contributed by atoms with Gasteiger partial charge in [-0.25, -0.2) is 14.4 Å². The fourth-order valence-electron chi connectivity index (χ4n) is 8.75. The highest BCUT2D eigenvalue weighted by atomic mass is 16.6. The summed E-state index contributed by atoms with van der Waals surface area (Å²) in [4.78, 5) is 39.3. The molecule has 0 amide bonds. The van der Waals surface area contributed by atoms with Crippen LogP contribution in [0.25, 0.3) is 10.8 Å². The molecule has 0 spiro atoms. The minimum absolute atomic E-state index is 0.245. The molecule has 6 aromatic rings. The lowest BCUT2D eigenvalue weighted by molar-refractivity contribution is -0.298. The summed E-state index contributed by atoms with van der Waals surface area (Å²) in [5.74, 6) is -0.308. The lowest BCUT2D eigenvalue weighted by Crippen LogP contribution is -2.60. The second-order valence-electron chi connectivity index (χ2n) is 19.4. The number of fused-ring (bicyclic) bond motifs is 1. The molecular weight excluding hydrogens is 895 g/mol. The Morgan fingerprint density at radius 3 is 1.45 bits per heavy atom. The number of ether oxygens (including phenoxy) is 4. The Balaban J connectivity index is 0.838. The molecule has 0 atom stereocenters. The molecule has 369 valence electrons. The van der Waals surface area contributed by atoms with E-state index in [4.69, 9.17) is 18.9 Å². The Morgan fingerprint density at radius 1 is 0.479 bits per heavy atom. The maximum absolute atomic E-state index is 13.2. The Bertz CT molecular complexity index is 2750. The maximum atomic E-state index is 13.2. The van der Waals surface area contributed by atoms with Gasteiger partial charge in [0.15, 0.2) is 0 Å². The highest BCUT2D eigenvalue weighted by Crippen LogP contribution is 2.39. The molecule has 71 heavy (non-hydrogen) atoms. The first-order valence-corrected chi connectivity index (χ1v) is 24.8. The number of piperidine rings is 1. The number of carbonyl (C=O) groups excluding carboxylic acids is 3. The van der Waals surface area contributed by atoms with Crippen molar-refractivity contribution in [1.82, 2.24) is 5.06 Å². The van der Waals surface area contributed by atoms with Crippen LogP contribution in [0.15, 0.2) is 154 Å². The predicted octanol–water partition coefficient (Wildman–Crippen LogP) is 15.9. The zero-order valence-corrected chi connectivity index (χ0v) is 41.5. The number of unbranched alkanes of at least 4 members (excludes halogenated alkanes) is 9. The van der Waals surface area contributed by atoms with Crippen molar-refractivity contribution in [1.29, 1.82) is 0 Å². The molecular formula is C58H64N5O8.